The summed E-state index contributed by atoms with van der Waals surface area (Å²) in [6, 6.07) is 0. The minimum Gasteiger partial charge on any atom is -0.478 e. The highest BCUT2D eigenvalue weighted by molar-refractivity contribution is 5.87. The summed E-state index contributed by atoms with van der Waals surface area (Å²) < 4.78 is 7.96. The lowest BCUT2D eigenvalue weighted by Gasteiger charge is -2.16. The molecule has 1 aliphatic rings. The zero-order valence-electron chi connectivity index (χ0n) is 13.6. The predicted octanol–water partition coefficient (Wildman–Crippen LogP) is -2.10. The summed E-state index contributed by atoms with van der Waals surface area (Å²) in [6.07, 6.45) is -0.985. The number of carbonyl (C=O) groups is 1. The second-order valence-corrected chi connectivity index (χ2v) is 5.94. The molecule has 4 unspecified atom stereocenters. The van der Waals surface area contributed by atoms with Gasteiger partial charge in [-0.1, -0.05) is 0 Å². The van der Waals surface area contributed by atoms with E-state index in [0.29, 0.717) is 0 Å². The summed E-state index contributed by atoms with van der Waals surface area (Å²) in [7, 11) is 0. The van der Waals surface area contributed by atoms with Crippen molar-refractivity contribution in [2.75, 3.05) is 12.3 Å². The van der Waals surface area contributed by atoms with Gasteiger partial charge in [0, 0.05) is 6.20 Å². The van der Waals surface area contributed by atoms with Crippen molar-refractivity contribution in [2.45, 2.75) is 24.5 Å². The van der Waals surface area contributed by atoms with Crippen LogP contribution in [0.25, 0.3) is 17.1 Å². The summed E-state index contributed by atoms with van der Waals surface area (Å²) >= 11 is 0. The number of nitrogens with two attached hydrogens (primary N) is 1. The van der Waals surface area contributed by atoms with Gasteiger partial charge in [0.25, 0.3) is 5.95 Å². The topological polar surface area (TPSA) is 195 Å². The fourth-order valence-electron chi connectivity index (χ4n) is 2.87. The summed E-state index contributed by atoms with van der Waals surface area (Å²) in [5.74, 6) is -1.17. The molecule has 1 saturated heterocycles. The Morgan fingerprint density at radius 2 is 2.07 bits per heavy atom. The number of aliphatic hydroxyl groups excluding tert-OH is 3. The third-order valence-electron chi connectivity index (χ3n) is 4.26. The lowest BCUT2D eigenvalue weighted by atomic mass is 10.1. The Labute approximate surface area is 150 Å². The van der Waals surface area contributed by atoms with Gasteiger partial charge >= 0.3 is 5.97 Å². The van der Waals surface area contributed by atoms with Gasteiger partial charge in [-0.05, 0) is 0 Å². The smallest absolute Gasteiger partial charge is 0.338 e. The van der Waals surface area contributed by atoms with Crippen molar-refractivity contribution in [3.05, 3.63) is 24.3 Å². The van der Waals surface area contributed by atoms with E-state index in [1.165, 1.54) is 17.1 Å². The van der Waals surface area contributed by atoms with Gasteiger partial charge in [-0.15, -0.1) is 0 Å². The molecule has 0 radical (unpaired) electrons. The molecule has 1 aliphatic heterocycles. The maximum Gasteiger partial charge on any atom is 0.338 e. The lowest BCUT2D eigenvalue weighted by Crippen LogP contribution is -2.33. The number of carboxylic acids is 1. The first-order valence-corrected chi connectivity index (χ1v) is 7.81. The minimum absolute atomic E-state index is 0.00729. The Balaban J connectivity index is 1.80. The van der Waals surface area contributed by atoms with Crippen molar-refractivity contribution in [2.24, 2.45) is 0 Å². The average Bonchev–Trinajstić information content (AvgIpc) is 3.34. The number of hydrogen-bond donors (Lipinski definition) is 5. The number of aliphatic hydroxyl groups is 3. The summed E-state index contributed by atoms with van der Waals surface area (Å²) in [5, 5.41) is 42.3. The van der Waals surface area contributed by atoms with Gasteiger partial charge in [-0.2, -0.15) is 15.1 Å². The zero-order chi connectivity index (χ0) is 19.3. The first-order chi connectivity index (χ1) is 12.9. The molecular formula is C14H15N7O6. The second-order valence-electron chi connectivity index (χ2n) is 5.94. The van der Waals surface area contributed by atoms with Crippen LogP contribution in [0.4, 0.5) is 5.82 Å². The van der Waals surface area contributed by atoms with Crippen LogP contribution >= 0.6 is 0 Å². The molecule has 4 heterocycles. The molecule has 13 heteroatoms. The van der Waals surface area contributed by atoms with Gasteiger partial charge in [-0.25, -0.2) is 14.5 Å². The van der Waals surface area contributed by atoms with Crippen LogP contribution in [0.2, 0.25) is 0 Å². The molecule has 4 atom stereocenters. The molecule has 3 aromatic rings. The molecule has 0 bridgehead atoms. The molecule has 0 amide bonds. The van der Waals surface area contributed by atoms with Crippen LogP contribution in [0, 0.1) is 0 Å². The molecule has 4 rings (SSSR count). The van der Waals surface area contributed by atoms with Crippen LogP contribution in [0.5, 0.6) is 0 Å². The lowest BCUT2D eigenvalue weighted by molar-refractivity contribution is -0.0511. The Bertz CT molecular complexity index is 1020. The number of nitrogens with zero attached hydrogens (tertiary/aromatic N) is 6. The minimum atomic E-state index is -1.33. The van der Waals surface area contributed by atoms with E-state index in [1.807, 2.05) is 0 Å². The quantitative estimate of drug-likeness (QED) is 0.334. The highest BCUT2D eigenvalue weighted by Crippen LogP contribution is 2.32. The van der Waals surface area contributed by atoms with E-state index < -0.39 is 37.1 Å². The molecule has 3 aromatic heterocycles. The fourth-order valence-corrected chi connectivity index (χ4v) is 2.87. The Morgan fingerprint density at radius 3 is 2.70 bits per heavy atom. The van der Waals surface area contributed by atoms with Crippen LogP contribution in [0.15, 0.2) is 18.7 Å². The van der Waals surface area contributed by atoms with Gasteiger partial charge in [-0.3, -0.25) is 4.57 Å². The summed E-state index contributed by atoms with van der Waals surface area (Å²) in [4.78, 5) is 23.4. The third kappa shape index (κ3) is 2.69. The monoisotopic (exact) mass is 377 g/mol. The first kappa shape index (κ1) is 17.3. The van der Waals surface area contributed by atoms with E-state index in [1.54, 1.807) is 0 Å². The van der Waals surface area contributed by atoms with E-state index in [2.05, 4.69) is 20.1 Å². The maximum absolute atomic E-state index is 11.0. The number of ether oxygens (including phenoxy) is 1. The van der Waals surface area contributed by atoms with E-state index in [0.717, 1.165) is 10.9 Å². The van der Waals surface area contributed by atoms with Gasteiger partial charge in [0.1, 0.15) is 23.8 Å². The van der Waals surface area contributed by atoms with Crippen molar-refractivity contribution in [1.29, 1.82) is 0 Å². The molecular weight excluding hydrogens is 362 g/mol. The molecule has 142 valence electrons. The van der Waals surface area contributed by atoms with Crippen molar-refractivity contribution in [1.82, 2.24) is 29.3 Å². The Kier molecular flexibility index (Phi) is 4.00. The van der Waals surface area contributed by atoms with Gasteiger partial charge in [0.15, 0.2) is 17.7 Å². The van der Waals surface area contributed by atoms with E-state index in [-0.39, 0.29) is 28.5 Å². The van der Waals surface area contributed by atoms with Crippen molar-refractivity contribution in [3.63, 3.8) is 0 Å². The molecule has 1 fully saturated rings. The SMILES string of the molecule is Nc1nc(-n2cc(C(=O)O)cn2)nc2c1ncn2C1OC(CO)C(O)C1O. The van der Waals surface area contributed by atoms with Crippen LogP contribution in [-0.4, -0.2) is 80.6 Å². The van der Waals surface area contributed by atoms with Gasteiger partial charge in [0.2, 0.25) is 0 Å². The highest BCUT2D eigenvalue weighted by atomic mass is 16.6. The Hall–Kier alpha value is -3.13. The maximum atomic E-state index is 11.0. The van der Waals surface area contributed by atoms with Crippen LogP contribution in [0.3, 0.4) is 0 Å². The number of imidazole rings is 1. The number of aromatic nitrogens is 6. The van der Waals surface area contributed by atoms with Crippen LogP contribution in [-0.2, 0) is 4.74 Å². The second kappa shape index (κ2) is 6.24. The predicted molar refractivity (Wildman–Crippen MR) is 86.8 cm³/mol. The fraction of sp³-hybridized carbons (Fsp3) is 0.357. The molecule has 27 heavy (non-hydrogen) atoms. The Morgan fingerprint density at radius 1 is 1.30 bits per heavy atom. The number of hydrogen-bond acceptors (Lipinski definition) is 10. The molecule has 13 nitrogen and oxygen atoms in total. The largest absolute Gasteiger partial charge is 0.478 e. The summed E-state index contributed by atoms with van der Waals surface area (Å²) in [5.41, 5.74) is 6.25. The van der Waals surface area contributed by atoms with Gasteiger partial charge < -0.3 is 30.9 Å². The average molecular weight is 377 g/mol. The van der Waals surface area contributed by atoms with E-state index in [9.17, 15) is 20.1 Å². The number of fused-ring (bicyclic) bond motifs is 1. The van der Waals surface area contributed by atoms with Crippen molar-refractivity contribution in [3.8, 4) is 5.95 Å². The van der Waals surface area contributed by atoms with Crippen molar-refractivity contribution >= 4 is 23.0 Å². The standard InChI is InChI=1S/C14H15N7O6/c15-10-7-11(19-14(18-10)21-2-5(1-17-21)13(25)26)20(4-16-7)12-9(24)8(23)6(3-22)27-12/h1-2,4,6,8-9,12,22-24H,3H2,(H,25,26)(H2,15,18,19). The van der Waals surface area contributed by atoms with Crippen LogP contribution < -0.4 is 5.73 Å². The normalized spacial score (nSPS) is 25.3. The molecule has 6 N–H and O–H groups in total. The zero-order valence-corrected chi connectivity index (χ0v) is 13.6. The molecule has 0 aliphatic carbocycles. The number of anilines is 1. The molecule has 0 spiro atoms. The first-order valence-electron chi connectivity index (χ1n) is 7.81. The van der Waals surface area contributed by atoms with E-state index in [4.69, 9.17) is 15.6 Å². The number of nitrogen functional groups attached to an aromatic ring is 1. The molecule has 0 saturated carbocycles. The summed E-state index contributed by atoms with van der Waals surface area (Å²) in [6.45, 7) is -0.477. The number of carboxylic acid groups (broad SMARTS) is 1. The highest BCUT2D eigenvalue weighted by Gasteiger charge is 2.44. The van der Waals surface area contributed by atoms with Crippen molar-refractivity contribution < 1.29 is 30.0 Å². The van der Waals surface area contributed by atoms with Crippen LogP contribution in [0.1, 0.15) is 16.6 Å². The van der Waals surface area contributed by atoms with E-state index >= 15 is 0 Å². The number of aromatic carboxylic acids is 1. The van der Waals surface area contributed by atoms with Gasteiger partial charge in [0.05, 0.1) is 24.7 Å². The third-order valence-corrected chi connectivity index (χ3v) is 4.26. The molecule has 0 aromatic carbocycles. The number of rotatable bonds is 4.